The van der Waals surface area contributed by atoms with Crippen molar-refractivity contribution in [2.75, 3.05) is 5.32 Å². The highest BCUT2D eigenvalue weighted by molar-refractivity contribution is 5.85. The third kappa shape index (κ3) is 3.99. The lowest BCUT2D eigenvalue weighted by atomic mass is 9.98. The van der Waals surface area contributed by atoms with Crippen molar-refractivity contribution in [3.63, 3.8) is 0 Å². The first kappa shape index (κ1) is 21.7. The fourth-order valence-electron chi connectivity index (χ4n) is 4.46. The predicted octanol–water partition coefficient (Wildman–Crippen LogP) is 7.31. The number of benzene rings is 3. The normalized spacial score (nSPS) is 12.0. The zero-order chi connectivity index (χ0) is 23.7. The molecule has 4 heteroatoms. The van der Waals surface area contributed by atoms with Gasteiger partial charge in [0.05, 0.1) is 11.4 Å². The van der Waals surface area contributed by atoms with Gasteiger partial charge in [0.2, 0.25) is 0 Å². The van der Waals surface area contributed by atoms with E-state index in [4.69, 9.17) is 4.42 Å². The van der Waals surface area contributed by atoms with Crippen LogP contribution in [0.15, 0.2) is 100 Å². The third-order valence-corrected chi connectivity index (χ3v) is 6.18. The van der Waals surface area contributed by atoms with Crippen LogP contribution in [0, 0.1) is 13.8 Å². The molecule has 0 fully saturated rings. The summed E-state index contributed by atoms with van der Waals surface area (Å²) in [6.45, 7) is 5.95. The standard InChI is InChI=1S/C30H26N2O2/c1-19-17-25(21(3)32-27-12-8-7-11-24(27)22-13-15-31-16-14-22)30-26(18-19)28(33)20(2)29(34-30)23-9-5-4-6-10-23/h4-18,21,32H,1-3H3. The minimum atomic E-state index is -0.0973. The maximum absolute atomic E-state index is 13.4. The molecule has 1 N–H and O–H groups in total. The van der Waals surface area contributed by atoms with E-state index in [0.29, 0.717) is 22.3 Å². The van der Waals surface area contributed by atoms with E-state index >= 15 is 0 Å². The zero-order valence-electron chi connectivity index (χ0n) is 19.5. The molecule has 34 heavy (non-hydrogen) atoms. The van der Waals surface area contributed by atoms with Crippen LogP contribution in [0.2, 0.25) is 0 Å². The Balaban J connectivity index is 1.64. The Morgan fingerprint density at radius 2 is 1.56 bits per heavy atom. The number of nitrogens with zero attached hydrogens (tertiary/aromatic N) is 1. The molecule has 1 unspecified atom stereocenters. The van der Waals surface area contributed by atoms with Crippen LogP contribution in [0.1, 0.15) is 29.7 Å². The molecule has 3 aromatic carbocycles. The van der Waals surface area contributed by atoms with Crippen molar-refractivity contribution in [3.05, 3.63) is 118 Å². The summed E-state index contributed by atoms with van der Waals surface area (Å²) < 4.78 is 6.47. The molecule has 0 radical (unpaired) electrons. The molecular weight excluding hydrogens is 420 g/mol. The van der Waals surface area contributed by atoms with Crippen LogP contribution in [-0.4, -0.2) is 4.98 Å². The Morgan fingerprint density at radius 3 is 2.32 bits per heavy atom. The van der Waals surface area contributed by atoms with Crippen molar-refractivity contribution in [2.24, 2.45) is 0 Å². The predicted molar refractivity (Wildman–Crippen MR) is 139 cm³/mol. The third-order valence-electron chi connectivity index (χ3n) is 6.18. The van der Waals surface area contributed by atoms with E-state index in [1.807, 2.05) is 74.5 Å². The van der Waals surface area contributed by atoms with Gasteiger partial charge in [0, 0.05) is 40.3 Å². The summed E-state index contributed by atoms with van der Waals surface area (Å²) in [7, 11) is 0. The summed E-state index contributed by atoms with van der Waals surface area (Å²) >= 11 is 0. The van der Waals surface area contributed by atoms with E-state index in [1.54, 1.807) is 12.4 Å². The van der Waals surface area contributed by atoms with Gasteiger partial charge in [0.15, 0.2) is 5.43 Å². The fraction of sp³-hybridized carbons (Fsp3) is 0.133. The Bertz CT molecular complexity index is 1520. The van der Waals surface area contributed by atoms with E-state index in [-0.39, 0.29) is 11.5 Å². The van der Waals surface area contributed by atoms with Crippen molar-refractivity contribution in [1.82, 2.24) is 4.98 Å². The molecule has 5 rings (SSSR count). The quantitative estimate of drug-likeness (QED) is 0.307. The lowest BCUT2D eigenvalue weighted by Crippen LogP contribution is -2.12. The molecule has 5 aromatic rings. The van der Waals surface area contributed by atoms with E-state index in [2.05, 4.69) is 35.4 Å². The van der Waals surface area contributed by atoms with Crippen LogP contribution in [0.3, 0.4) is 0 Å². The number of hydrogen-bond acceptors (Lipinski definition) is 4. The molecule has 0 spiro atoms. The molecule has 0 bridgehead atoms. The van der Waals surface area contributed by atoms with Gasteiger partial charge >= 0.3 is 0 Å². The Morgan fingerprint density at radius 1 is 0.853 bits per heavy atom. The molecule has 1 atom stereocenters. The second kappa shape index (κ2) is 8.99. The molecule has 0 saturated heterocycles. The number of nitrogens with one attached hydrogen (secondary N) is 1. The lowest BCUT2D eigenvalue weighted by Gasteiger charge is -2.21. The minimum absolute atomic E-state index is 0.00874. The summed E-state index contributed by atoms with van der Waals surface area (Å²) in [4.78, 5) is 17.5. The minimum Gasteiger partial charge on any atom is -0.455 e. The van der Waals surface area contributed by atoms with E-state index in [0.717, 1.165) is 33.5 Å². The van der Waals surface area contributed by atoms with Crippen LogP contribution < -0.4 is 10.7 Å². The highest BCUT2D eigenvalue weighted by Gasteiger charge is 2.19. The van der Waals surface area contributed by atoms with Gasteiger partial charge in [0.25, 0.3) is 0 Å². The molecule has 2 heterocycles. The first-order valence-corrected chi connectivity index (χ1v) is 11.4. The van der Waals surface area contributed by atoms with Gasteiger partial charge in [-0.25, -0.2) is 0 Å². The Labute approximate surface area is 198 Å². The molecular formula is C30H26N2O2. The summed E-state index contributed by atoms with van der Waals surface area (Å²) in [5.74, 6) is 0.618. The Hall–Kier alpha value is -4.18. The van der Waals surface area contributed by atoms with Crippen molar-refractivity contribution < 1.29 is 4.42 Å². The van der Waals surface area contributed by atoms with Gasteiger partial charge < -0.3 is 9.73 Å². The number of pyridine rings is 1. The van der Waals surface area contributed by atoms with Gasteiger partial charge in [0.1, 0.15) is 11.3 Å². The maximum Gasteiger partial charge on any atom is 0.196 e. The summed E-state index contributed by atoms with van der Waals surface area (Å²) in [6.07, 6.45) is 3.59. The number of anilines is 1. The molecule has 2 aromatic heterocycles. The summed E-state index contributed by atoms with van der Waals surface area (Å²) in [6, 6.07) is 25.9. The van der Waals surface area contributed by atoms with E-state index < -0.39 is 0 Å². The van der Waals surface area contributed by atoms with Crippen LogP contribution >= 0.6 is 0 Å². The summed E-state index contributed by atoms with van der Waals surface area (Å²) in [5, 5.41) is 4.27. The average molecular weight is 447 g/mol. The first-order valence-electron chi connectivity index (χ1n) is 11.4. The molecule has 0 aliphatic rings. The number of fused-ring (bicyclic) bond motifs is 1. The highest BCUT2D eigenvalue weighted by atomic mass is 16.3. The second-order valence-electron chi connectivity index (χ2n) is 8.63. The number of hydrogen-bond donors (Lipinski definition) is 1. The maximum atomic E-state index is 13.4. The van der Waals surface area contributed by atoms with Crippen molar-refractivity contribution in [2.45, 2.75) is 26.8 Å². The molecule has 168 valence electrons. The second-order valence-corrected chi connectivity index (χ2v) is 8.63. The van der Waals surface area contributed by atoms with Gasteiger partial charge in [-0.2, -0.15) is 0 Å². The fourth-order valence-corrected chi connectivity index (χ4v) is 4.46. The van der Waals surface area contributed by atoms with Crippen molar-refractivity contribution in [3.8, 4) is 22.5 Å². The smallest absolute Gasteiger partial charge is 0.196 e. The number of aryl methyl sites for hydroxylation is 1. The van der Waals surface area contributed by atoms with Crippen LogP contribution in [0.4, 0.5) is 5.69 Å². The van der Waals surface area contributed by atoms with E-state index in [1.165, 1.54) is 0 Å². The van der Waals surface area contributed by atoms with Gasteiger partial charge in [-0.1, -0.05) is 54.6 Å². The number of rotatable bonds is 5. The Kier molecular flexibility index (Phi) is 5.72. The van der Waals surface area contributed by atoms with Crippen molar-refractivity contribution in [1.29, 1.82) is 0 Å². The highest BCUT2D eigenvalue weighted by Crippen LogP contribution is 2.34. The average Bonchev–Trinajstić information content (AvgIpc) is 2.87. The molecule has 0 saturated carbocycles. The molecule has 4 nitrogen and oxygen atoms in total. The number of aromatic nitrogens is 1. The lowest BCUT2D eigenvalue weighted by molar-refractivity contribution is 0.605. The van der Waals surface area contributed by atoms with Crippen LogP contribution in [0.25, 0.3) is 33.4 Å². The van der Waals surface area contributed by atoms with Gasteiger partial charge in [-0.05, 0) is 56.2 Å². The van der Waals surface area contributed by atoms with Gasteiger partial charge in [-0.3, -0.25) is 9.78 Å². The van der Waals surface area contributed by atoms with Crippen LogP contribution in [0.5, 0.6) is 0 Å². The molecule has 0 aliphatic heterocycles. The summed E-state index contributed by atoms with van der Waals surface area (Å²) in [5.41, 5.74) is 7.33. The zero-order valence-corrected chi connectivity index (χ0v) is 19.5. The van der Waals surface area contributed by atoms with Gasteiger partial charge in [-0.15, -0.1) is 0 Å². The largest absolute Gasteiger partial charge is 0.455 e. The van der Waals surface area contributed by atoms with Crippen molar-refractivity contribution >= 4 is 16.7 Å². The number of para-hydroxylation sites is 1. The SMILES string of the molecule is Cc1cc(C(C)Nc2ccccc2-c2ccncc2)c2oc(-c3ccccc3)c(C)c(=O)c2c1. The monoisotopic (exact) mass is 446 g/mol. The van der Waals surface area contributed by atoms with Crippen LogP contribution in [-0.2, 0) is 0 Å². The topological polar surface area (TPSA) is 55.1 Å². The molecule has 0 aliphatic carbocycles. The first-order chi connectivity index (χ1) is 16.5. The molecule has 0 amide bonds. The van der Waals surface area contributed by atoms with E-state index in [9.17, 15) is 4.79 Å².